The second-order valence-corrected chi connectivity index (χ2v) is 6.34. The van der Waals surface area contributed by atoms with E-state index in [1.54, 1.807) is 4.57 Å². The van der Waals surface area contributed by atoms with Crippen LogP contribution in [0.2, 0.25) is 0 Å². The summed E-state index contributed by atoms with van der Waals surface area (Å²) in [6.07, 6.45) is 0.664. The van der Waals surface area contributed by atoms with E-state index in [1.165, 1.54) is 5.56 Å². The van der Waals surface area contributed by atoms with Crippen LogP contribution in [0.5, 0.6) is 5.75 Å². The van der Waals surface area contributed by atoms with Gasteiger partial charge in [0.15, 0.2) is 6.61 Å². The van der Waals surface area contributed by atoms with Crippen molar-refractivity contribution in [3.8, 4) is 5.75 Å². The summed E-state index contributed by atoms with van der Waals surface area (Å²) in [5.41, 5.74) is 3.89. The van der Waals surface area contributed by atoms with Crippen molar-refractivity contribution in [3.05, 3.63) is 64.1 Å². The maximum absolute atomic E-state index is 12.0. The Balaban J connectivity index is 1.44. The van der Waals surface area contributed by atoms with Crippen LogP contribution in [0.4, 0.5) is 0 Å². The number of nitrogens with zero attached hydrogens (tertiary/aromatic N) is 1. The van der Waals surface area contributed by atoms with E-state index in [0.717, 1.165) is 16.6 Å². The molecule has 6 heteroatoms. The monoisotopic (exact) mass is 353 g/mol. The quantitative estimate of drug-likeness (QED) is 0.641. The molecule has 2 aromatic carbocycles. The van der Waals surface area contributed by atoms with Gasteiger partial charge in [0.25, 0.3) is 5.91 Å². The third-order valence-corrected chi connectivity index (χ3v) is 4.41. The van der Waals surface area contributed by atoms with E-state index < -0.39 is 0 Å². The summed E-state index contributed by atoms with van der Waals surface area (Å²) < 4.78 is 7.20. The number of imidazole rings is 1. The molecule has 3 aromatic rings. The average molecular weight is 353 g/mol. The number of aromatic amines is 1. The Morgan fingerprint density at radius 2 is 1.96 bits per heavy atom. The fourth-order valence-corrected chi connectivity index (χ4v) is 2.80. The van der Waals surface area contributed by atoms with Crippen LogP contribution in [-0.4, -0.2) is 28.6 Å². The molecule has 0 fully saturated rings. The first-order chi connectivity index (χ1) is 12.5. The second-order valence-electron chi connectivity index (χ2n) is 6.34. The molecule has 0 saturated carbocycles. The lowest BCUT2D eigenvalue weighted by Gasteiger charge is -2.09. The van der Waals surface area contributed by atoms with E-state index in [9.17, 15) is 9.59 Å². The predicted molar refractivity (Wildman–Crippen MR) is 102 cm³/mol. The van der Waals surface area contributed by atoms with Gasteiger partial charge in [-0.1, -0.05) is 18.2 Å². The van der Waals surface area contributed by atoms with Crippen molar-refractivity contribution >= 4 is 16.9 Å². The van der Waals surface area contributed by atoms with Gasteiger partial charge in [-0.15, -0.1) is 0 Å². The Labute approximate surface area is 151 Å². The summed E-state index contributed by atoms with van der Waals surface area (Å²) in [5.74, 6) is 0.517. The van der Waals surface area contributed by atoms with Gasteiger partial charge in [0, 0.05) is 13.1 Å². The van der Waals surface area contributed by atoms with Crippen LogP contribution in [-0.2, 0) is 11.3 Å². The van der Waals surface area contributed by atoms with Crippen molar-refractivity contribution in [2.75, 3.05) is 13.2 Å². The number of carbonyl (C=O) groups excluding carboxylic acids is 1. The Kier molecular flexibility index (Phi) is 5.41. The van der Waals surface area contributed by atoms with Gasteiger partial charge in [0.1, 0.15) is 5.75 Å². The summed E-state index contributed by atoms with van der Waals surface area (Å²) in [4.78, 5) is 26.7. The number of hydrogen-bond acceptors (Lipinski definition) is 3. The van der Waals surface area contributed by atoms with Crippen LogP contribution < -0.4 is 15.7 Å². The van der Waals surface area contributed by atoms with Crippen LogP contribution in [0.15, 0.2) is 47.3 Å². The summed E-state index contributed by atoms with van der Waals surface area (Å²) >= 11 is 0. The maximum Gasteiger partial charge on any atom is 0.326 e. The number of rotatable bonds is 7. The van der Waals surface area contributed by atoms with Crippen molar-refractivity contribution < 1.29 is 9.53 Å². The minimum Gasteiger partial charge on any atom is -0.484 e. The number of para-hydroxylation sites is 2. The number of benzene rings is 2. The van der Waals surface area contributed by atoms with E-state index in [0.29, 0.717) is 25.3 Å². The van der Waals surface area contributed by atoms with Gasteiger partial charge in [-0.05, 0) is 55.7 Å². The van der Waals surface area contributed by atoms with E-state index >= 15 is 0 Å². The molecule has 0 aliphatic heterocycles. The highest BCUT2D eigenvalue weighted by molar-refractivity contribution is 5.77. The lowest BCUT2D eigenvalue weighted by Crippen LogP contribution is -2.30. The zero-order valence-electron chi connectivity index (χ0n) is 15.0. The molecule has 26 heavy (non-hydrogen) atoms. The molecule has 0 spiro atoms. The summed E-state index contributed by atoms with van der Waals surface area (Å²) in [5, 5.41) is 2.82. The lowest BCUT2D eigenvalue weighted by atomic mass is 10.1. The van der Waals surface area contributed by atoms with Crippen LogP contribution in [0.25, 0.3) is 11.0 Å². The fourth-order valence-electron chi connectivity index (χ4n) is 2.80. The maximum atomic E-state index is 12.0. The van der Waals surface area contributed by atoms with Crippen LogP contribution in [0.1, 0.15) is 17.5 Å². The Bertz CT molecular complexity index is 972. The normalized spacial score (nSPS) is 10.8. The molecule has 0 atom stereocenters. The average Bonchev–Trinajstić information content (AvgIpc) is 2.95. The van der Waals surface area contributed by atoms with E-state index in [2.05, 4.69) is 10.3 Å². The van der Waals surface area contributed by atoms with Gasteiger partial charge in [-0.25, -0.2) is 4.79 Å². The molecule has 6 nitrogen and oxygen atoms in total. The highest BCUT2D eigenvalue weighted by atomic mass is 16.5. The summed E-state index contributed by atoms with van der Waals surface area (Å²) in [7, 11) is 0. The molecule has 136 valence electrons. The van der Waals surface area contributed by atoms with Gasteiger partial charge >= 0.3 is 5.69 Å². The molecule has 0 aliphatic rings. The van der Waals surface area contributed by atoms with Crippen LogP contribution >= 0.6 is 0 Å². The lowest BCUT2D eigenvalue weighted by molar-refractivity contribution is -0.123. The molecule has 0 aliphatic carbocycles. The fraction of sp³-hybridized carbons (Fsp3) is 0.300. The number of fused-ring (bicyclic) bond motifs is 1. The highest BCUT2D eigenvalue weighted by Crippen LogP contribution is 2.16. The zero-order chi connectivity index (χ0) is 18.5. The summed E-state index contributed by atoms with van der Waals surface area (Å²) in [6, 6.07) is 13.3. The van der Waals surface area contributed by atoms with Crippen molar-refractivity contribution in [3.63, 3.8) is 0 Å². The van der Waals surface area contributed by atoms with E-state index in [4.69, 9.17) is 4.74 Å². The molecular formula is C20H23N3O3. The molecule has 3 rings (SSSR count). The highest BCUT2D eigenvalue weighted by Gasteiger charge is 2.06. The molecule has 0 bridgehead atoms. The topological polar surface area (TPSA) is 76.1 Å². The van der Waals surface area contributed by atoms with Gasteiger partial charge in [0.2, 0.25) is 0 Å². The molecule has 2 N–H and O–H groups in total. The minimum atomic E-state index is -0.172. The number of nitrogens with one attached hydrogen (secondary N) is 2. The first kappa shape index (κ1) is 17.8. The van der Waals surface area contributed by atoms with Gasteiger partial charge in [-0.3, -0.25) is 9.36 Å². The number of ether oxygens (including phenoxy) is 1. The van der Waals surface area contributed by atoms with E-state index in [-0.39, 0.29) is 18.2 Å². The largest absolute Gasteiger partial charge is 0.484 e. The second kappa shape index (κ2) is 7.91. The third kappa shape index (κ3) is 4.14. The number of amides is 1. The van der Waals surface area contributed by atoms with Crippen molar-refractivity contribution in [1.29, 1.82) is 0 Å². The Morgan fingerprint density at radius 3 is 2.77 bits per heavy atom. The van der Waals surface area contributed by atoms with Gasteiger partial charge in [0.05, 0.1) is 11.0 Å². The number of aryl methyl sites for hydroxylation is 3. The van der Waals surface area contributed by atoms with Crippen LogP contribution in [0, 0.1) is 13.8 Å². The smallest absolute Gasteiger partial charge is 0.326 e. The van der Waals surface area contributed by atoms with Crippen molar-refractivity contribution in [1.82, 2.24) is 14.9 Å². The number of carbonyl (C=O) groups is 1. The zero-order valence-corrected chi connectivity index (χ0v) is 15.0. The first-order valence-corrected chi connectivity index (χ1v) is 8.69. The predicted octanol–water partition coefficient (Wildman–Crippen LogP) is 2.53. The molecule has 1 heterocycles. The van der Waals surface area contributed by atoms with Gasteiger partial charge < -0.3 is 15.0 Å². The number of H-pyrrole nitrogens is 1. The molecule has 0 radical (unpaired) electrons. The van der Waals surface area contributed by atoms with Crippen molar-refractivity contribution in [2.45, 2.75) is 26.8 Å². The van der Waals surface area contributed by atoms with Crippen molar-refractivity contribution in [2.24, 2.45) is 0 Å². The Hall–Kier alpha value is -3.02. The Morgan fingerprint density at radius 1 is 1.15 bits per heavy atom. The first-order valence-electron chi connectivity index (χ1n) is 8.69. The molecule has 0 unspecified atom stereocenters. The number of hydrogen-bond donors (Lipinski definition) is 2. The molecule has 0 saturated heterocycles. The third-order valence-electron chi connectivity index (χ3n) is 4.41. The van der Waals surface area contributed by atoms with Gasteiger partial charge in [-0.2, -0.15) is 0 Å². The van der Waals surface area contributed by atoms with E-state index in [1.807, 2.05) is 56.3 Å². The molecular weight excluding hydrogens is 330 g/mol. The molecule has 1 amide bonds. The summed E-state index contributed by atoms with van der Waals surface area (Å²) in [6.45, 7) is 5.05. The SMILES string of the molecule is Cc1ccc(OCC(=O)NCCCn2c(=O)[nH]c3ccccc32)cc1C. The minimum absolute atomic E-state index is 0.0183. The van der Waals surface area contributed by atoms with Crippen LogP contribution in [0.3, 0.4) is 0 Å². The standard InChI is InChI=1S/C20H23N3O3/c1-14-8-9-16(12-15(14)2)26-13-19(24)21-10-5-11-23-18-7-4-3-6-17(18)22-20(23)25/h3-4,6-9,12H,5,10-11,13H2,1-2H3,(H,21,24)(H,22,25). The molecule has 1 aromatic heterocycles. The number of aromatic nitrogens is 2.